The van der Waals surface area contributed by atoms with Crippen LogP contribution in [0.25, 0.3) is 0 Å². The molecule has 1 atom stereocenters. The second-order valence-corrected chi connectivity index (χ2v) is 4.57. The standard InChI is InChI=1S/C12H17N3O/c1-12(4-6-14-9-12)15-11(16)7-10-3-2-5-13-8-10/h2-3,5,8,14H,4,6-7,9H2,1H3,(H,15,16). The van der Waals surface area contributed by atoms with Gasteiger partial charge < -0.3 is 10.6 Å². The zero-order valence-electron chi connectivity index (χ0n) is 9.49. The molecular formula is C12H17N3O. The molecule has 1 saturated heterocycles. The van der Waals surface area contributed by atoms with E-state index in [0.29, 0.717) is 6.42 Å². The number of amides is 1. The van der Waals surface area contributed by atoms with Gasteiger partial charge in [-0.25, -0.2) is 0 Å². The third kappa shape index (κ3) is 2.79. The normalized spacial score (nSPS) is 24.3. The van der Waals surface area contributed by atoms with Crippen molar-refractivity contribution in [1.29, 1.82) is 0 Å². The summed E-state index contributed by atoms with van der Waals surface area (Å²) in [5, 5.41) is 6.33. The van der Waals surface area contributed by atoms with Crippen LogP contribution in [-0.4, -0.2) is 29.5 Å². The van der Waals surface area contributed by atoms with E-state index in [-0.39, 0.29) is 11.4 Å². The molecular weight excluding hydrogens is 202 g/mol. The average Bonchev–Trinajstić information content (AvgIpc) is 2.66. The van der Waals surface area contributed by atoms with Crippen LogP contribution in [0.15, 0.2) is 24.5 Å². The summed E-state index contributed by atoms with van der Waals surface area (Å²) >= 11 is 0. The summed E-state index contributed by atoms with van der Waals surface area (Å²) in [4.78, 5) is 15.8. The van der Waals surface area contributed by atoms with Crippen molar-refractivity contribution in [2.75, 3.05) is 13.1 Å². The van der Waals surface area contributed by atoms with Crippen LogP contribution in [0.5, 0.6) is 0 Å². The quantitative estimate of drug-likeness (QED) is 0.778. The number of nitrogens with one attached hydrogen (secondary N) is 2. The van der Waals surface area contributed by atoms with E-state index in [4.69, 9.17) is 0 Å². The largest absolute Gasteiger partial charge is 0.349 e. The van der Waals surface area contributed by atoms with Crippen LogP contribution >= 0.6 is 0 Å². The lowest BCUT2D eigenvalue weighted by molar-refractivity contribution is -0.122. The minimum absolute atomic E-state index is 0.0687. The van der Waals surface area contributed by atoms with E-state index < -0.39 is 0 Å². The third-order valence-corrected chi connectivity index (χ3v) is 2.90. The zero-order valence-corrected chi connectivity index (χ0v) is 9.49. The topological polar surface area (TPSA) is 54.0 Å². The van der Waals surface area contributed by atoms with Crippen LogP contribution in [0.3, 0.4) is 0 Å². The molecule has 0 saturated carbocycles. The van der Waals surface area contributed by atoms with Gasteiger partial charge in [-0.1, -0.05) is 6.07 Å². The highest BCUT2D eigenvalue weighted by molar-refractivity contribution is 5.79. The van der Waals surface area contributed by atoms with Crippen molar-refractivity contribution >= 4 is 5.91 Å². The van der Waals surface area contributed by atoms with Crippen LogP contribution in [-0.2, 0) is 11.2 Å². The van der Waals surface area contributed by atoms with E-state index >= 15 is 0 Å². The van der Waals surface area contributed by atoms with Gasteiger partial charge in [-0.3, -0.25) is 9.78 Å². The Morgan fingerprint density at radius 1 is 1.69 bits per heavy atom. The Kier molecular flexibility index (Phi) is 3.19. The molecule has 0 aromatic carbocycles. The minimum atomic E-state index is -0.0840. The van der Waals surface area contributed by atoms with Gasteiger partial charge in [-0.15, -0.1) is 0 Å². The van der Waals surface area contributed by atoms with Gasteiger partial charge in [0.2, 0.25) is 5.91 Å². The SMILES string of the molecule is CC1(NC(=O)Cc2cccnc2)CCNC1. The van der Waals surface area contributed by atoms with E-state index in [1.165, 1.54) is 0 Å². The first-order chi connectivity index (χ1) is 7.68. The lowest BCUT2D eigenvalue weighted by atomic mass is 10.0. The maximum Gasteiger partial charge on any atom is 0.224 e. The van der Waals surface area contributed by atoms with Gasteiger partial charge in [0, 0.05) is 18.9 Å². The summed E-state index contributed by atoms with van der Waals surface area (Å²) in [5.41, 5.74) is 0.869. The molecule has 4 nitrogen and oxygen atoms in total. The molecule has 86 valence electrons. The molecule has 4 heteroatoms. The van der Waals surface area contributed by atoms with Crippen molar-refractivity contribution in [3.63, 3.8) is 0 Å². The molecule has 0 radical (unpaired) electrons. The monoisotopic (exact) mass is 219 g/mol. The number of pyridine rings is 1. The molecule has 2 N–H and O–H groups in total. The Bertz CT molecular complexity index is 358. The van der Waals surface area contributed by atoms with Gasteiger partial charge in [-0.2, -0.15) is 0 Å². The number of nitrogens with zero attached hydrogens (tertiary/aromatic N) is 1. The first-order valence-electron chi connectivity index (χ1n) is 5.59. The second-order valence-electron chi connectivity index (χ2n) is 4.57. The third-order valence-electron chi connectivity index (χ3n) is 2.90. The molecule has 1 aromatic rings. The van der Waals surface area contributed by atoms with Gasteiger partial charge in [0.15, 0.2) is 0 Å². The highest BCUT2D eigenvalue weighted by Gasteiger charge is 2.29. The van der Waals surface area contributed by atoms with Crippen molar-refractivity contribution in [2.45, 2.75) is 25.3 Å². The summed E-state index contributed by atoms with van der Waals surface area (Å²) in [6.45, 7) is 3.91. The Hall–Kier alpha value is -1.42. The summed E-state index contributed by atoms with van der Waals surface area (Å²) in [7, 11) is 0. The van der Waals surface area contributed by atoms with Crippen molar-refractivity contribution < 1.29 is 4.79 Å². The van der Waals surface area contributed by atoms with Gasteiger partial charge in [0.1, 0.15) is 0 Å². The molecule has 0 bridgehead atoms. The predicted molar refractivity (Wildman–Crippen MR) is 62.0 cm³/mol. The number of aromatic nitrogens is 1. The molecule has 1 aliphatic heterocycles. The first-order valence-corrected chi connectivity index (χ1v) is 5.59. The number of carbonyl (C=O) groups is 1. The van der Waals surface area contributed by atoms with Gasteiger partial charge >= 0.3 is 0 Å². The molecule has 1 aliphatic rings. The van der Waals surface area contributed by atoms with Gasteiger partial charge in [0.05, 0.1) is 12.0 Å². The van der Waals surface area contributed by atoms with Crippen LogP contribution in [0, 0.1) is 0 Å². The highest BCUT2D eigenvalue weighted by Crippen LogP contribution is 2.13. The number of rotatable bonds is 3. The van der Waals surface area contributed by atoms with Gasteiger partial charge in [-0.05, 0) is 31.5 Å². The maximum atomic E-state index is 11.8. The molecule has 1 amide bonds. The molecule has 0 spiro atoms. The maximum absolute atomic E-state index is 11.8. The van der Waals surface area contributed by atoms with Crippen LogP contribution < -0.4 is 10.6 Å². The average molecular weight is 219 g/mol. The Labute approximate surface area is 95.5 Å². The van der Waals surface area contributed by atoms with Crippen molar-refractivity contribution in [2.24, 2.45) is 0 Å². The van der Waals surface area contributed by atoms with E-state index in [0.717, 1.165) is 25.1 Å². The Balaban J connectivity index is 1.89. The Morgan fingerprint density at radius 3 is 3.19 bits per heavy atom. The molecule has 2 rings (SSSR count). The number of hydrogen-bond acceptors (Lipinski definition) is 3. The smallest absolute Gasteiger partial charge is 0.224 e. The fraction of sp³-hybridized carbons (Fsp3) is 0.500. The van der Waals surface area contributed by atoms with E-state index in [1.807, 2.05) is 12.1 Å². The molecule has 16 heavy (non-hydrogen) atoms. The van der Waals surface area contributed by atoms with E-state index in [2.05, 4.69) is 22.5 Å². The molecule has 2 heterocycles. The Morgan fingerprint density at radius 2 is 2.56 bits per heavy atom. The lowest BCUT2D eigenvalue weighted by Gasteiger charge is -2.24. The van der Waals surface area contributed by atoms with Crippen molar-refractivity contribution in [3.8, 4) is 0 Å². The van der Waals surface area contributed by atoms with Gasteiger partial charge in [0.25, 0.3) is 0 Å². The fourth-order valence-corrected chi connectivity index (χ4v) is 1.99. The molecule has 0 aliphatic carbocycles. The van der Waals surface area contributed by atoms with Crippen molar-refractivity contribution in [1.82, 2.24) is 15.6 Å². The van der Waals surface area contributed by atoms with Crippen molar-refractivity contribution in [3.05, 3.63) is 30.1 Å². The second kappa shape index (κ2) is 4.61. The first kappa shape index (κ1) is 11.1. The van der Waals surface area contributed by atoms with E-state index in [9.17, 15) is 4.79 Å². The highest BCUT2D eigenvalue weighted by atomic mass is 16.1. The zero-order chi connectivity index (χ0) is 11.4. The van der Waals surface area contributed by atoms with Crippen LogP contribution in [0.4, 0.5) is 0 Å². The summed E-state index contributed by atoms with van der Waals surface area (Å²) in [6, 6.07) is 3.77. The van der Waals surface area contributed by atoms with E-state index in [1.54, 1.807) is 12.4 Å². The molecule has 1 fully saturated rings. The molecule has 1 aromatic heterocycles. The predicted octanol–water partition coefficient (Wildman–Crippen LogP) is 0.492. The lowest BCUT2D eigenvalue weighted by Crippen LogP contribution is -2.48. The van der Waals surface area contributed by atoms with Crippen LogP contribution in [0.2, 0.25) is 0 Å². The van der Waals surface area contributed by atoms with Crippen LogP contribution in [0.1, 0.15) is 18.9 Å². The summed E-state index contributed by atoms with van der Waals surface area (Å²) in [5.74, 6) is 0.0687. The number of carbonyl (C=O) groups excluding carboxylic acids is 1. The summed E-state index contributed by atoms with van der Waals surface area (Å²) < 4.78 is 0. The molecule has 1 unspecified atom stereocenters. The fourth-order valence-electron chi connectivity index (χ4n) is 1.99. The summed E-state index contributed by atoms with van der Waals surface area (Å²) in [6.07, 6.45) is 4.84. The minimum Gasteiger partial charge on any atom is -0.349 e. The number of hydrogen-bond donors (Lipinski definition) is 2.